The fourth-order valence-corrected chi connectivity index (χ4v) is 3.79. The van der Waals surface area contributed by atoms with E-state index in [0.29, 0.717) is 77.3 Å². The third kappa shape index (κ3) is 5.73. The van der Waals surface area contributed by atoms with E-state index in [-0.39, 0.29) is 11.5 Å². The normalized spacial score (nSPS) is 11.0. The Morgan fingerprint density at radius 3 is 2.71 bits per heavy atom. The molecule has 0 fully saturated rings. The number of nitrogens with zero attached hydrogens (tertiary/aromatic N) is 3. The van der Waals surface area contributed by atoms with Gasteiger partial charge in [0.15, 0.2) is 5.82 Å². The molecule has 2 aromatic heterocycles. The average molecular weight is 501 g/mol. The zero-order chi connectivity index (χ0) is 23.9. The van der Waals surface area contributed by atoms with Crippen molar-refractivity contribution in [3.05, 3.63) is 68.8 Å². The number of amides is 1. The molecule has 0 saturated carbocycles. The van der Waals surface area contributed by atoms with Gasteiger partial charge in [-0.05, 0) is 31.0 Å². The van der Waals surface area contributed by atoms with Crippen LogP contribution in [0.4, 0.5) is 5.82 Å². The molecule has 0 aliphatic heterocycles. The van der Waals surface area contributed by atoms with Crippen LogP contribution in [-0.4, -0.2) is 39.3 Å². The number of hydrogen-bond donors (Lipinski definition) is 3. The Morgan fingerprint density at radius 1 is 1.03 bits per heavy atom. The number of aryl methyl sites for hydroxylation is 1. The highest BCUT2D eigenvalue weighted by atomic mass is 35.5. The lowest BCUT2D eigenvalue weighted by atomic mass is 10.2. The number of hydrogen-bond acceptors (Lipinski definition) is 7. The van der Waals surface area contributed by atoms with Crippen LogP contribution in [0.15, 0.2) is 51.8 Å². The van der Waals surface area contributed by atoms with Gasteiger partial charge in [-0.25, -0.2) is 5.10 Å². The molecule has 0 bridgehead atoms. The molecule has 3 N–H and O–H groups in total. The van der Waals surface area contributed by atoms with Gasteiger partial charge in [0.1, 0.15) is 0 Å². The first kappa shape index (κ1) is 23.7. The maximum atomic E-state index is 12.1. The van der Waals surface area contributed by atoms with Gasteiger partial charge in [0, 0.05) is 36.9 Å². The summed E-state index contributed by atoms with van der Waals surface area (Å²) in [5, 5.41) is 18.7. The number of carbonyl (C=O) groups excluding carboxylic acids is 1. The number of aromatic amines is 1. The minimum absolute atomic E-state index is 0.0507. The molecule has 4 rings (SSSR count). The fraction of sp³-hybridized carbons (Fsp3) is 0.261. The first-order valence-electron chi connectivity index (χ1n) is 10.8. The molecule has 0 saturated heterocycles. The smallest absolute Gasteiger partial charge is 0.272 e. The third-order valence-electron chi connectivity index (χ3n) is 5.12. The van der Waals surface area contributed by atoms with E-state index in [2.05, 4.69) is 31.0 Å². The quantitative estimate of drug-likeness (QED) is 0.278. The largest absolute Gasteiger partial charge is 0.368 e. The van der Waals surface area contributed by atoms with Crippen molar-refractivity contribution in [2.45, 2.75) is 25.7 Å². The fourth-order valence-electron chi connectivity index (χ4n) is 3.40. The second kappa shape index (κ2) is 11.1. The first-order chi connectivity index (χ1) is 16.5. The summed E-state index contributed by atoms with van der Waals surface area (Å²) in [6, 6.07) is 12.5. The van der Waals surface area contributed by atoms with Crippen molar-refractivity contribution in [3.8, 4) is 11.4 Å². The zero-order valence-electron chi connectivity index (χ0n) is 18.1. The summed E-state index contributed by atoms with van der Waals surface area (Å²) >= 11 is 12.2. The highest BCUT2D eigenvalue weighted by Gasteiger charge is 2.14. The topological polar surface area (TPSA) is 126 Å². The molecule has 34 heavy (non-hydrogen) atoms. The minimum Gasteiger partial charge on any atom is -0.368 e. The van der Waals surface area contributed by atoms with Gasteiger partial charge < -0.3 is 15.2 Å². The molecule has 4 aromatic rings. The van der Waals surface area contributed by atoms with Crippen LogP contribution < -0.4 is 16.2 Å². The number of halogens is 2. The van der Waals surface area contributed by atoms with Crippen molar-refractivity contribution < 1.29 is 9.32 Å². The van der Waals surface area contributed by atoms with Crippen molar-refractivity contribution in [1.29, 1.82) is 0 Å². The summed E-state index contributed by atoms with van der Waals surface area (Å²) in [4.78, 5) is 28.3. The van der Waals surface area contributed by atoms with Crippen LogP contribution in [0.5, 0.6) is 0 Å². The Labute approximate surface area is 204 Å². The number of nitrogens with one attached hydrogen (secondary N) is 3. The van der Waals surface area contributed by atoms with Crippen molar-refractivity contribution in [2.75, 3.05) is 18.4 Å². The summed E-state index contributed by atoms with van der Waals surface area (Å²) in [7, 11) is 0. The van der Waals surface area contributed by atoms with Crippen LogP contribution in [0.2, 0.25) is 10.0 Å². The monoisotopic (exact) mass is 500 g/mol. The zero-order valence-corrected chi connectivity index (χ0v) is 19.6. The van der Waals surface area contributed by atoms with Crippen LogP contribution in [0.1, 0.15) is 25.2 Å². The Kier molecular flexibility index (Phi) is 7.76. The third-order valence-corrected chi connectivity index (χ3v) is 5.94. The SMILES string of the molecule is O=C(CCCc1nc(-c2cccc(Cl)c2Cl)no1)NCCCNc1n[nH]c(=O)c2ccccc12. The van der Waals surface area contributed by atoms with Crippen LogP contribution in [0, 0.1) is 0 Å². The number of aromatic nitrogens is 4. The van der Waals surface area contributed by atoms with Gasteiger partial charge in [0.25, 0.3) is 5.56 Å². The summed E-state index contributed by atoms with van der Waals surface area (Å²) in [6.45, 7) is 1.12. The number of rotatable bonds is 10. The average Bonchev–Trinajstić information content (AvgIpc) is 3.31. The van der Waals surface area contributed by atoms with E-state index in [1.807, 2.05) is 18.2 Å². The van der Waals surface area contributed by atoms with Gasteiger partial charge in [-0.2, -0.15) is 10.1 Å². The maximum Gasteiger partial charge on any atom is 0.272 e. The first-order valence-corrected chi connectivity index (χ1v) is 11.5. The van der Waals surface area contributed by atoms with E-state index < -0.39 is 0 Å². The van der Waals surface area contributed by atoms with E-state index in [4.69, 9.17) is 27.7 Å². The molecule has 0 spiro atoms. The number of H-pyrrole nitrogens is 1. The van der Waals surface area contributed by atoms with Crippen LogP contribution >= 0.6 is 23.2 Å². The molecule has 176 valence electrons. The second-order valence-corrected chi connectivity index (χ2v) is 8.33. The van der Waals surface area contributed by atoms with Gasteiger partial charge in [-0.3, -0.25) is 9.59 Å². The predicted octanol–water partition coefficient (Wildman–Crippen LogP) is 4.22. The van der Waals surface area contributed by atoms with Crippen LogP contribution in [-0.2, 0) is 11.2 Å². The molecular formula is C23H22Cl2N6O3. The minimum atomic E-state index is -0.224. The van der Waals surface area contributed by atoms with E-state index in [0.717, 1.165) is 5.39 Å². The van der Waals surface area contributed by atoms with Crippen molar-refractivity contribution in [1.82, 2.24) is 25.7 Å². The molecule has 2 aromatic carbocycles. The standard InChI is InChI=1S/C23H22Cl2N6O3/c24-17-9-3-8-16(20(17)25)22-28-19(34-31-22)11-4-10-18(32)26-12-5-13-27-21-14-6-1-2-7-15(14)23(33)30-29-21/h1-3,6-9H,4-5,10-13H2,(H,26,32)(H,27,29)(H,30,33). The molecule has 0 radical (unpaired) electrons. The Balaban J connectivity index is 1.16. The van der Waals surface area contributed by atoms with Gasteiger partial charge in [0.05, 0.1) is 15.4 Å². The lowest BCUT2D eigenvalue weighted by Crippen LogP contribution is -2.25. The van der Waals surface area contributed by atoms with Crippen molar-refractivity contribution in [2.24, 2.45) is 0 Å². The lowest BCUT2D eigenvalue weighted by molar-refractivity contribution is -0.121. The number of anilines is 1. The molecule has 0 aliphatic rings. The van der Waals surface area contributed by atoms with Gasteiger partial charge in [-0.15, -0.1) is 0 Å². The van der Waals surface area contributed by atoms with Gasteiger partial charge in [0.2, 0.25) is 17.6 Å². The second-order valence-electron chi connectivity index (χ2n) is 7.54. The maximum absolute atomic E-state index is 12.1. The van der Waals surface area contributed by atoms with Gasteiger partial charge >= 0.3 is 0 Å². The molecule has 11 heteroatoms. The Hall–Kier alpha value is -3.43. The van der Waals surface area contributed by atoms with E-state index in [1.165, 1.54) is 0 Å². The molecular weight excluding hydrogens is 479 g/mol. The summed E-state index contributed by atoms with van der Waals surface area (Å²) in [6.07, 6.45) is 2.09. The molecule has 0 atom stereocenters. The number of benzene rings is 2. The highest BCUT2D eigenvalue weighted by molar-refractivity contribution is 6.43. The van der Waals surface area contributed by atoms with Crippen molar-refractivity contribution in [3.63, 3.8) is 0 Å². The molecule has 2 heterocycles. The van der Waals surface area contributed by atoms with Crippen LogP contribution in [0.25, 0.3) is 22.2 Å². The van der Waals surface area contributed by atoms with E-state index in [9.17, 15) is 9.59 Å². The predicted molar refractivity (Wildman–Crippen MR) is 131 cm³/mol. The Morgan fingerprint density at radius 2 is 1.85 bits per heavy atom. The molecule has 0 aliphatic carbocycles. The molecule has 0 unspecified atom stereocenters. The lowest BCUT2D eigenvalue weighted by Gasteiger charge is -2.08. The van der Waals surface area contributed by atoms with Crippen molar-refractivity contribution >= 4 is 45.7 Å². The Bertz CT molecular complexity index is 1350. The number of fused-ring (bicyclic) bond motifs is 1. The van der Waals surface area contributed by atoms with E-state index >= 15 is 0 Å². The van der Waals surface area contributed by atoms with E-state index in [1.54, 1.807) is 24.3 Å². The number of carbonyl (C=O) groups is 1. The van der Waals surface area contributed by atoms with Crippen LogP contribution in [0.3, 0.4) is 0 Å². The van der Waals surface area contributed by atoms with Gasteiger partial charge in [-0.1, -0.05) is 52.6 Å². The summed E-state index contributed by atoms with van der Waals surface area (Å²) in [5.74, 6) is 1.36. The molecule has 1 amide bonds. The summed E-state index contributed by atoms with van der Waals surface area (Å²) < 4.78 is 5.26. The highest BCUT2D eigenvalue weighted by Crippen LogP contribution is 2.31. The molecule has 9 nitrogen and oxygen atoms in total. The summed E-state index contributed by atoms with van der Waals surface area (Å²) in [5.41, 5.74) is 0.374.